The molecular weight excluding hydrogens is 573 g/mol. The van der Waals surface area contributed by atoms with Crippen molar-refractivity contribution in [3.63, 3.8) is 0 Å². The Morgan fingerprint density at radius 1 is 1.02 bits per heavy atom. The summed E-state index contributed by atoms with van der Waals surface area (Å²) in [6, 6.07) is 17.5. The molecule has 0 atom stereocenters. The maximum Gasteiger partial charge on any atom is 0.573 e. The number of carbonyl (C=O) groups is 2. The molecule has 2 amide bonds. The van der Waals surface area contributed by atoms with Crippen LogP contribution in [0.25, 0.3) is 11.3 Å². The van der Waals surface area contributed by atoms with Gasteiger partial charge in [0, 0.05) is 40.4 Å². The van der Waals surface area contributed by atoms with Crippen LogP contribution in [0.3, 0.4) is 0 Å². The first-order valence-electron chi connectivity index (χ1n) is 13.2. The van der Waals surface area contributed by atoms with Crippen LogP contribution < -0.4 is 15.4 Å². The first-order chi connectivity index (χ1) is 20.1. The van der Waals surface area contributed by atoms with Gasteiger partial charge in [-0.25, -0.2) is 4.79 Å². The number of aromatic hydroxyl groups is 1. The fourth-order valence-corrected chi connectivity index (χ4v) is 5.13. The van der Waals surface area contributed by atoms with Crippen LogP contribution in [-0.4, -0.2) is 33.2 Å². The van der Waals surface area contributed by atoms with E-state index >= 15 is 0 Å². The Balaban J connectivity index is 1.33. The summed E-state index contributed by atoms with van der Waals surface area (Å²) in [5.41, 5.74) is 2.61. The molecule has 218 valence electrons. The Kier molecular flexibility index (Phi) is 8.39. The Morgan fingerprint density at radius 3 is 2.40 bits per heavy atom. The Hall–Kier alpha value is -4.51. The second-order valence-corrected chi connectivity index (χ2v) is 10.3. The van der Waals surface area contributed by atoms with Crippen molar-refractivity contribution in [3.05, 3.63) is 94.6 Å². The van der Waals surface area contributed by atoms with E-state index in [0.29, 0.717) is 16.3 Å². The highest BCUT2D eigenvalue weighted by atomic mass is 35.5. The van der Waals surface area contributed by atoms with E-state index in [1.54, 1.807) is 24.3 Å². The average Bonchev–Trinajstić information content (AvgIpc) is 3.63. The molecule has 12 heteroatoms. The topological polar surface area (TPSA) is 105 Å². The van der Waals surface area contributed by atoms with E-state index < -0.39 is 24.1 Å². The second-order valence-electron chi connectivity index (χ2n) is 9.86. The van der Waals surface area contributed by atoms with E-state index in [1.165, 1.54) is 22.9 Å². The predicted octanol–water partition coefficient (Wildman–Crippen LogP) is 7.48. The molecule has 1 aliphatic rings. The van der Waals surface area contributed by atoms with Gasteiger partial charge in [-0.2, -0.15) is 9.78 Å². The van der Waals surface area contributed by atoms with Gasteiger partial charge < -0.3 is 20.5 Å². The molecule has 0 radical (unpaired) electrons. The molecule has 1 heterocycles. The summed E-state index contributed by atoms with van der Waals surface area (Å²) in [7, 11) is 0. The predicted molar refractivity (Wildman–Crippen MR) is 151 cm³/mol. The molecule has 0 aliphatic heterocycles. The quantitative estimate of drug-likeness (QED) is 0.205. The minimum absolute atomic E-state index is 0.0934. The number of hydrogen-bond donors (Lipinski definition) is 3. The summed E-state index contributed by atoms with van der Waals surface area (Å²) in [6.45, 7) is 0.218. The van der Waals surface area contributed by atoms with Gasteiger partial charge in [0.2, 0.25) is 0 Å². The first kappa shape index (κ1) is 29.0. The zero-order valence-electron chi connectivity index (χ0n) is 22.1. The molecule has 0 unspecified atom stereocenters. The normalized spacial score (nSPS) is 13.6. The molecule has 1 aromatic heterocycles. The molecule has 1 fully saturated rings. The van der Waals surface area contributed by atoms with Crippen molar-refractivity contribution >= 4 is 29.2 Å². The molecule has 0 bridgehead atoms. The largest absolute Gasteiger partial charge is 0.573 e. The smallest absolute Gasteiger partial charge is 0.507 e. The number of phenols is 1. The van der Waals surface area contributed by atoms with Crippen LogP contribution in [0, 0.1) is 0 Å². The number of alkyl halides is 3. The van der Waals surface area contributed by atoms with Crippen molar-refractivity contribution < 1.29 is 32.6 Å². The standard InChI is InChI=1S/C30H26ClF3N4O4/c31-24-8-4-3-7-20(24)17-35-29(41)38-26(18-5-1-2-6-18)16-25(37-38)23-14-11-21(15-27(23)39)36-28(40)19-9-12-22(13-10-19)42-30(32,33)34/h3-4,7-16,18,39H,1-2,5-6,17H2,(H,35,41)(H,36,40). The number of benzene rings is 3. The van der Waals surface area contributed by atoms with Crippen molar-refractivity contribution in [2.24, 2.45) is 0 Å². The third-order valence-corrected chi connectivity index (χ3v) is 7.34. The van der Waals surface area contributed by atoms with Crippen molar-refractivity contribution in [3.8, 4) is 22.8 Å². The van der Waals surface area contributed by atoms with Gasteiger partial charge in [0.05, 0.1) is 11.4 Å². The minimum atomic E-state index is -4.84. The fraction of sp³-hybridized carbons (Fsp3) is 0.233. The van der Waals surface area contributed by atoms with Gasteiger partial charge in [0.25, 0.3) is 5.91 Å². The van der Waals surface area contributed by atoms with Crippen LogP contribution in [-0.2, 0) is 6.54 Å². The number of carbonyl (C=O) groups excluding carboxylic acids is 2. The molecule has 0 spiro atoms. The lowest BCUT2D eigenvalue weighted by Gasteiger charge is -2.12. The number of aromatic nitrogens is 2. The number of nitrogens with one attached hydrogen (secondary N) is 2. The van der Waals surface area contributed by atoms with Gasteiger partial charge >= 0.3 is 12.4 Å². The minimum Gasteiger partial charge on any atom is -0.507 e. The Bertz CT molecular complexity index is 1600. The van der Waals surface area contributed by atoms with Gasteiger partial charge in [-0.05, 0) is 66.9 Å². The number of rotatable bonds is 7. The maximum absolute atomic E-state index is 13.2. The first-order valence-corrected chi connectivity index (χ1v) is 13.6. The number of amides is 2. The highest BCUT2D eigenvalue weighted by Crippen LogP contribution is 2.38. The summed E-state index contributed by atoms with van der Waals surface area (Å²) >= 11 is 6.23. The van der Waals surface area contributed by atoms with Gasteiger partial charge in [0.1, 0.15) is 11.5 Å². The molecule has 3 aromatic carbocycles. The van der Waals surface area contributed by atoms with Crippen LogP contribution >= 0.6 is 11.6 Å². The van der Waals surface area contributed by atoms with Crippen LogP contribution in [0.2, 0.25) is 5.02 Å². The summed E-state index contributed by atoms with van der Waals surface area (Å²) in [5, 5.41) is 21.3. The van der Waals surface area contributed by atoms with E-state index in [1.807, 2.05) is 18.2 Å². The third kappa shape index (κ3) is 6.85. The van der Waals surface area contributed by atoms with Crippen molar-refractivity contribution in [2.45, 2.75) is 44.5 Å². The third-order valence-electron chi connectivity index (χ3n) is 6.97. The van der Waals surface area contributed by atoms with Gasteiger partial charge in [-0.15, -0.1) is 13.2 Å². The number of ether oxygens (including phenoxy) is 1. The highest BCUT2D eigenvalue weighted by Gasteiger charge is 2.31. The van der Waals surface area contributed by atoms with E-state index in [9.17, 15) is 27.9 Å². The van der Waals surface area contributed by atoms with Crippen LogP contribution in [0.5, 0.6) is 11.5 Å². The molecule has 3 N–H and O–H groups in total. The Morgan fingerprint density at radius 2 is 1.74 bits per heavy atom. The zero-order chi connectivity index (χ0) is 29.9. The average molecular weight is 599 g/mol. The SMILES string of the molecule is O=C(Nc1ccc(-c2cc(C3CCCC3)n(C(=O)NCc3ccccc3Cl)n2)c(O)c1)c1ccc(OC(F)(F)F)cc1. The fourth-order valence-electron chi connectivity index (χ4n) is 4.93. The molecule has 1 aliphatic carbocycles. The van der Waals surface area contributed by atoms with Crippen LogP contribution in [0.1, 0.15) is 53.2 Å². The molecule has 5 rings (SSSR count). The molecule has 0 saturated heterocycles. The molecule has 42 heavy (non-hydrogen) atoms. The summed E-state index contributed by atoms with van der Waals surface area (Å²) in [6.07, 6.45) is -0.905. The van der Waals surface area contributed by atoms with Crippen molar-refractivity contribution in [1.29, 1.82) is 0 Å². The van der Waals surface area contributed by atoms with Gasteiger partial charge in [0.15, 0.2) is 0 Å². The Labute approximate surface area is 244 Å². The van der Waals surface area contributed by atoms with Crippen molar-refractivity contribution in [2.75, 3.05) is 5.32 Å². The molecule has 1 saturated carbocycles. The van der Waals surface area contributed by atoms with E-state index in [4.69, 9.17) is 11.6 Å². The number of hydrogen-bond acceptors (Lipinski definition) is 5. The monoisotopic (exact) mass is 598 g/mol. The van der Waals surface area contributed by atoms with E-state index in [-0.39, 0.29) is 29.5 Å². The highest BCUT2D eigenvalue weighted by molar-refractivity contribution is 6.31. The number of anilines is 1. The van der Waals surface area contributed by atoms with E-state index in [2.05, 4.69) is 20.5 Å². The lowest BCUT2D eigenvalue weighted by atomic mass is 10.0. The van der Waals surface area contributed by atoms with Crippen LogP contribution in [0.15, 0.2) is 72.8 Å². The molecule has 4 aromatic rings. The number of nitrogens with zero attached hydrogens (tertiary/aromatic N) is 2. The summed E-state index contributed by atoms with van der Waals surface area (Å²) in [5.74, 6) is -1.08. The van der Waals surface area contributed by atoms with Crippen molar-refractivity contribution in [1.82, 2.24) is 15.1 Å². The summed E-state index contributed by atoms with van der Waals surface area (Å²) in [4.78, 5) is 25.8. The van der Waals surface area contributed by atoms with E-state index in [0.717, 1.165) is 49.1 Å². The van der Waals surface area contributed by atoms with Crippen LogP contribution in [0.4, 0.5) is 23.7 Å². The second kappa shape index (κ2) is 12.2. The molecular formula is C30H26ClF3N4O4. The van der Waals surface area contributed by atoms with Gasteiger partial charge in [-0.1, -0.05) is 42.6 Å². The molecule has 8 nitrogen and oxygen atoms in total. The number of phenolic OH excluding ortho intramolecular Hbond substituents is 1. The van der Waals surface area contributed by atoms with Gasteiger partial charge in [-0.3, -0.25) is 4.79 Å². The lowest BCUT2D eigenvalue weighted by Crippen LogP contribution is -2.30. The zero-order valence-corrected chi connectivity index (χ0v) is 22.9. The lowest BCUT2D eigenvalue weighted by molar-refractivity contribution is -0.274. The summed E-state index contributed by atoms with van der Waals surface area (Å²) < 4.78 is 42.3. The maximum atomic E-state index is 13.2. The number of halogens is 4.